The molecule has 4 rings (SSSR count). The Hall–Kier alpha value is -3.33. The van der Waals surface area contributed by atoms with Gasteiger partial charge in [0.15, 0.2) is 15.5 Å². The van der Waals surface area contributed by atoms with Crippen LogP contribution >= 0.6 is 0 Å². The minimum absolute atomic E-state index is 0.0117. The van der Waals surface area contributed by atoms with Gasteiger partial charge >= 0.3 is 0 Å². The molecule has 168 valence electrons. The van der Waals surface area contributed by atoms with Crippen molar-refractivity contribution in [2.75, 3.05) is 30.5 Å². The largest absolute Gasteiger partial charge is 0.497 e. The van der Waals surface area contributed by atoms with Crippen molar-refractivity contribution in [3.63, 3.8) is 0 Å². The van der Waals surface area contributed by atoms with Crippen LogP contribution in [0.3, 0.4) is 0 Å². The molecule has 2 aromatic carbocycles. The Morgan fingerprint density at radius 2 is 1.81 bits per heavy atom. The zero-order chi connectivity index (χ0) is 22.7. The maximum absolute atomic E-state index is 12.9. The number of methoxy groups -OCH3 is 1. The predicted molar refractivity (Wildman–Crippen MR) is 122 cm³/mol. The van der Waals surface area contributed by atoms with E-state index >= 15 is 0 Å². The first-order chi connectivity index (χ1) is 15.4. The molecule has 1 atom stereocenters. The first kappa shape index (κ1) is 21.9. The van der Waals surface area contributed by atoms with E-state index in [4.69, 9.17) is 9.47 Å². The number of ether oxygens (including phenoxy) is 2. The summed E-state index contributed by atoms with van der Waals surface area (Å²) in [6.07, 6.45) is 0.465. The quantitative estimate of drug-likeness (QED) is 0.585. The zero-order valence-electron chi connectivity index (χ0n) is 17.9. The van der Waals surface area contributed by atoms with Crippen molar-refractivity contribution in [1.82, 2.24) is 9.78 Å². The maximum atomic E-state index is 12.9. The molecule has 1 amide bonds. The van der Waals surface area contributed by atoms with Gasteiger partial charge in [0.1, 0.15) is 11.5 Å². The highest BCUT2D eigenvalue weighted by Crippen LogP contribution is 2.31. The monoisotopic (exact) mass is 455 g/mol. The van der Waals surface area contributed by atoms with Gasteiger partial charge in [0.25, 0.3) is 5.91 Å². The van der Waals surface area contributed by atoms with Crippen molar-refractivity contribution in [2.24, 2.45) is 0 Å². The average Bonchev–Trinajstić information content (AvgIpc) is 3.39. The van der Waals surface area contributed by atoms with Gasteiger partial charge in [0.05, 0.1) is 37.0 Å². The third-order valence-electron chi connectivity index (χ3n) is 5.33. The molecule has 0 aliphatic carbocycles. The highest BCUT2D eigenvalue weighted by atomic mass is 32.2. The Labute approximate surface area is 187 Å². The molecule has 1 aromatic heterocycles. The van der Waals surface area contributed by atoms with Gasteiger partial charge in [-0.1, -0.05) is 0 Å². The van der Waals surface area contributed by atoms with E-state index in [1.165, 1.54) is 0 Å². The molecule has 0 radical (unpaired) electrons. The minimum Gasteiger partial charge on any atom is -0.497 e. The van der Waals surface area contributed by atoms with Gasteiger partial charge in [-0.15, -0.1) is 0 Å². The van der Waals surface area contributed by atoms with Crippen LogP contribution in [0.1, 0.15) is 29.9 Å². The molecule has 9 heteroatoms. The highest BCUT2D eigenvalue weighted by molar-refractivity contribution is 7.91. The lowest BCUT2D eigenvalue weighted by molar-refractivity contribution is 0.102. The van der Waals surface area contributed by atoms with E-state index < -0.39 is 9.84 Å². The standard InChI is InChI=1S/C23H25N3O5S/c1-3-31-20-10-6-17(7-11-20)24-23(27)21-14-22(16-4-8-19(30-2)9-5-16)26(25-21)18-12-13-32(28,29)15-18/h4-11,14,18H,3,12-13,15H2,1-2H3,(H,24,27). The van der Waals surface area contributed by atoms with Crippen LogP contribution in [0, 0.1) is 0 Å². The van der Waals surface area contributed by atoms with Crippen LogP contribution < -0.4 is 14.8 Å². The number of hydrogen-bond acceptors (Lipinski definition) is 6. The van der Waals surface area contributed by atoms with E-state index in [2.05, 4.69) is 10.4 Å². The summed E-state index contributed by atoms with van der Waals surface area (Å²) in [5.74, 6) is 1.18. The lowest BCUT2D eigenvalue weighted by Crippen LogP contribution is -2.16. The van der Waals surface area contributed by atoms with E-state index in [0.717, 1.165) is 11.3 Å². The van der Waals surface area contributed by atoms with Crippen molar-refractivity contribution in [2.45, 2.75) is 19.4 Å². The summed E-state index contributed by atoms with van der Waals surface area (Å²) in [7, 11) is -1.53. The summed E-state index contributed by atoms with van der Waals surface area (Å²) in [6, 6.07) is 15.8. The molecule has 1 N–H and O–H groups in total. The fourth-order valence-electron chi connectivity index (χ4n) is 3.73. The maximum Gasteiger partial charge on any atom is 0.276 e. The zero-order valence-corrected chi connectivity index (χ0v) is 18.8. The van der Waals surface area contributed by atoms with Crippen molar-refractivity contribution in [3.05, 3.63) is 60.3 Å². The van der Waals surface area contributed by atoms with E-state index in [9.17, 15) is 13.2 Å². The molecule has 1 unspecified atom stereocenters. The minimum atomic E-state index is -3.11. The fraction of sp³-hybridized carbons (Fsp3) is 0.304. The second kappa shape index (κ2) is 9.04. The summed E-state index contributed by atoms with van der Waals surface area (Å²) in [5.41, 5.74) is 2.34. The third kappa shape index (κ3) is 4.77. The van der Waals surface area contributed by atoms with Crippen LogP contribution in [0.4, 0.5) is 5.69 Å². The van der Waals surface area contributed by atoms with Gasteiger partial charge in [-0.3, -0.25) is 9.48 Å². The SMILES string of the molecule is CCOc1ccc(NC(=O)c2cc(-c3ccc(OC)cc3)n(C3CCS(=O)(=O)C3)n2)cc1. The van der Waals surface area contributed by atoms with Gasteiger partial charge in [0.2, 0.25) is 0 Å². The third-order valence-corrected chi connectivity index (χ3v) is 7.08. The molecule has 1 saturated heterocycles. The average molecular weight is 456 g/mol. The van der Waals surface area contributed by atoms with Crippen LogP contribution in [0.25, 0.3) is 11.3 Å². The lowest BCUT2D eigenvalue weighted by Gasteiger charge is -2.13. The molecule has 3 aromatic rings. The number of hydrogen-bond donors (Lipinski definition) is 1. The number of nitrogens with one attached hydrogen (secondary N) is 1. The molecular weight excluding hydrogens is 430 g/mol. The van der Waals surface area contributed by atoms with E-state index in [-0.39, 0.29) is 29.1 Å². The summed E-state index contributed by atoms with van der Waals surface area (Å²) >= 11 is 0. The summed E-state index contributed by atoms with van der Waals surface area (Å²) in [6.45, 7) is 2.47. The van der Waals surface area contributed by atoms with Gasteiger partial charge in [-0.25, -0.2) is 8.42 Å². The molecule has 1 aliphatic heterocycles. The van der Waals surface area contributed by atoms with Gasteiger partial charge in [-0.2, -0.15) is 5.10 Å². The summed E-state index contributed by atoms with van der Waals surface area (Å²) in [4.78, 5) is 12.9. The van der Waals surface area contributed by atoms with Crippen LogP contribution in [0.5, 0.6) is 11.5 Å². The predicted octanol–water partition coefficient (Wildman–Crippen LogP) is 3.57. The van der Waals surface area contributed by atoms with Gasteiger partial charge < -0.3 is 14.8 Å². The Morgan fingerprint density at radius 3 is 2.41 bits per heavy atom. The van der Waals surface area contributed by atoms with Gasteiger partial charge in [0, 0.05) is 11.3 Å². The smallest absolute Gasteiger partial charge is 0.276 e. The lowest BCUT2D eigenvalue weighted by atomic mass is 10.1. The molecular formula is C23H25N3O5S. The number of carbonyl (C=O) groups excluding carboxylic acids is 1. The van der Waals surface area contributed by atoms with Gasteiger partial charge in [-0.05, 0) is 67.9 Å². The molecule has 1 aliphatic rings. The second-order valence-electron chi connectivity index (χ2n) is 7.56. The van der Waals surface area contributed by atoms with Crippen LogP contribution in [-0.2, 0) is 9.84 Å². The van der Waals surface area contributed by atoms with Crippen molar-refractivity contribution in [3.8, 4) is 22.8 Å². The molecule has 0 bridgehead atoms. The van der Waals surface area contributed by atoms with Crippen molar-refractivity contribution in [1.29, 1.82) is 0 Å². The summed E-state index contributed by atoms with van der Waals surface area (Å²) < 4.78 is 36.4. The molecule has 0 spiro atoms. The number of rotatable bonds is 7. The Balaban J connectivity index is 1.64. The Morgan fingerprint density at radius 1 is 1.12 bits per heavy atom. The number of carbonyl (C=O) groups is 1. The summed E-state index contributed by atoms with van der Waals surface area (Å²) in [5, 5.41) is 7.34. The Bertz CT molecular complexity index is 1200. The highest BCUT2D eigenvalue weighted by Gasteiger charge is 2.32. The molecule has 32 heavy (non-hydrogen) atoms. The fourth-order valence-corrected chi connectivity index (χ4v) is 5.42. The molecule has 1 fully saturated rings. The topological polar surface area (TPSA) is 99.5 Å². The number of aromatic nitrogens is 2. The Kier molecular flexibility index (Phi) is 6.18. The number of anilines is 1. The molecule has 2 heterocycles. The van der Waals surface area contributed by atoms with Crippen LogP contribution in [0.15, 0.2) is 54.6 Å². The number of amides is 1. The van der Waals surface area contributed by atoms with E-state index in [0.29, 0.717) is 30.2 Å². The van der Waals surface area contributed by atoms with Crippen LogP contribution in [0.2, 0.25) is 0 Å². The number of sulfone groups is 1. The van der Waals surface area contributed by atoms with Crippen molar-refractivity contribution < 1.29 is 22.7 Å². The first-order valence-electron chi connectivity index (χ1n) is 10.4. The second-order valence-corrected chi connectivity index (χ2v) is 9.78. The van der Waals surface area contributed by atoms with E-state index in [1.54, 1.807) is 42.1 Å². The van der Waals surface area contributed by atoms with Crippen LogP contribution in [-0.4, -0.2) is 49.3 Å². The molecule has 8 nitrogen and oxygen atoms in total. The first-order valence-corrected chi connectivity index (χ1v) is 12.2. The number of benzene rings is 2. The normalized spacial score (nSPS) is 17.1. The van der Waals surface area contributed by atoms with E-state index in [1.807, 2.05) is 31.2 Å². The van der Waals surface area contributed by atoms with Crippen molar-refractivity contribution >= 4 is 21.4 Å². The molecule has 0 saturated carbocycles. The number of nitrogens with zero attached hydrogens (tertiary/aromatic N) is 2.